The summed E-state index contributed by atoms with van der Waals surface area (Å²) in [5.41, 5.74) is 0.208. The second kappa shape index (κ2) is 5.20. The Morgan fingerprint density at radius 2 is 2.30 bits per heavy atom. The van der Waals surface area contributed by atoms with Gasteiger partial charge in [0.15, 0.2) is 0 Å². The third-order valence-electron chi connectivity index (χ3n) is 4.59. The van der Waals surface area contributed by atoms with E-state index in [0.29, 0.717) is 11.7 Å². The molecule has 2 saturated heterocycles. The molecule has 2 fully saturated rings. The maximum Gasteiger partial charge on any atom is 0.292 e. The zero-order chi connectivity index (χ0) is 14.2. The van der Waals surface area contributed by atoms with Crippen LogP contribution in [0.5, 0.6) is 0 Å². The Morgan fingerprint density at radius 1 is 1.45 bits per heavy atom. The van der Waals surface area contributed by atoms with E-state index in [9.17, 15) is 4.79 Å². The molecule has 1 aromatic rings. The minimum absolute atomic E-state index is 0.0178. The number of carbonyl (C=O) groups excluding carboxylic acids is 1. The molecule has 1 unspecified atom stereocenters. The maximum atomic E-state index is 12.4. The molecule has 0 aromatic carbocycles. The quantitative estimate of drug-likeness (QED) is 0.848. The highest BCUT2D eigenvalue weighted by atomic mass is 16.5. The van der Waals surface area contributed by atoms with Gasteiger partial charge in [-0.15, -0.1) is 0 Å². The summed E-state index contributed by atoms with van der Waals surface area (Å²) in [6.45, 7) is 8.48. The summed E-state index contributed by atoms with van der Waals surface area (Å²) in [7, 11) is 0. The summed E-state index contributed by atoms with van der Waals surface area (Å²) in [5, 5.41) is 3.63. The zero-order valence-electron chi connectivity index (χ0n) is 12.3. The number of rotatable bonds is 3. The molecule has 3 rings (SSSR count). The van der Waals surface area contributed by atoms with Crippen molar-refractivity contribution in [2.24, 2.45) is 5.92 Å². The molecule has 1 amide bonds. The summed E-state index contributed by atoms with van der Waals surface area (Å²) >= 11 is 0. The summed E-state index contributed by atoms with van der Waals surface area (Å²) in [6, 6.07) is 1.65. The number of amides is 1. The van der Waals surface area contributed by atoms with E-state index in [4.69, 9.17) is 4.52 Å². The first kappa shape index (κ1) is 13.6. The van der Waals surface area contributed by atoms with Crippen LogP contribution in [0.2, 0.25) is 0 Å². The minimum atomic E-state index is -0.0178. The van der Waals surface area contributed by atoms with E-state index in [1.807, 2.05) is 4.90 Å². The van der Waals surface area contributed by atoms with E-state index >= 15 is 0 Å². The third kappa shape index (κ3) is 2.35. The number of likely N-dealkylation sites (tertiary alicyclic amines) is 2. The van der Waals surface area contributed by atoms with Crippen LogP contribution >= 0.6 is 0 Å². The van der Waals surface area contributed by atoms with Crippen LogP contribution < -0.4 is 0 Å². The van der Waals surface area contributed by atoms with Gasteiger partial charge < -0.3 is 9.42 Å². The number of carbonyl (C=O) groups is 1. The van der Waals surface area contributed by atoms with E-state index in [2.05, 4.69) is 23.9 Å². The Morgan fingerprint density at radius 3 is 3.00 bits per heavy atom. The van der Waals surface area contributed by atoms with Gasteiger partial charge >= 0.3 is 0 Å². The fraction of sp³-hybridized carbons (Fsp3) is 0.733. The lowest BCUT2D eigenvalue weighted by Gasteiger charge is -2.36. The fourth-order valence-corrected chi connectivity index (χ4v) is 3.69. The lowest BCUT2D eigenvalue weighted by Crippen LogP contribution is -2.48. The van der Waals surface area contributed by atoms with Crippen LogP contribution in [0, 0.1) is 5.92 Å². The molecule has 0 bridgehead atoms. The normalized spacial score (nSPS) is 27.1. The van der Waals surface area contributed by atoms with Gasteiger partial charge in [-0.2, -0.15) is 0 Å². The number of aromatic nitrogens is 1. The molecular formula is C15H23N3O2. The van der Waals surface area contributed by atoms with Crippen LogP contribution in [0.4, 0.5) is 0 Å². The Labute approximate surface area is 119 Å². The highest BCUT2D eigenvalue weighted by Gasteiger charge is 2.47. The van der Waals surface area contributed by atoms with E-state index in [1.165, 1.54) is 25.6 Å². The Kier molecular flexibility index (Phi) is 3.54. The minimum Gasteiger partial charge on any atom is -0.351 e. The number of hydrogen-bond acceptors (Lipinski definition) is 4. The van der Waals surface area contributed by atoms with Gasteiger partial charge in [0.1, 0.15) is 0 Å². The highest BCUT2D eigenvalue weighted by Crippen LogP contribution is 2.38. The van der Waals surface area contributed by atoms with Gasteiger partial charge in [0.25, 0.3) is 5.91 Å². The van der Waals surface area contributed by atoms with Crippen molar-refractivity contribution in [3.63, 3.8) is 0 Å². The first-order valence-corrected chi connectivity index (χ1v) is 7.56. The molecule has 2 aliphatic heterocycles. The Bertz CT molecular complexity index is 471. The third-order valence-corrected chi connectivity index (χ3v) is 4.59. The van der Waals surface area contributed by atoms with Crippen molar-refractivity contribution < 1.29 is 9.32 Å². The molecule has 1 aromatic heterocycles. The first-order chi connectivity index (χ1) is 9.61. The topological polar surface area (TPSA) is 49.6 Å². The van der Waals surface area contributed by atoms with Crippen LogP contribution in [-0.2, 0) is 0 Å². The molecule has 1 spiro atoms. The first-order valence-electron chi connectivity index (χ1n) is 7.56. The van der Waals surface area contributed by atoms with Crippen molar-refractivity contribution in [3.8, 4) is 0 Å². The standard InChI is InChI=1S/C15H23N3O2/c1-12(2)10-18-8-3-5-15(18)6-9-17(11-15)14(19)13-4-7-16-20-13/h4,7,12H,3,5-6,8-11H2,1-2H3. The van der Waals surface area contributed by atoms with Crippen LogP contribution in [-0.4, -0.2) is 52.6 Å². The molecule has 5 heteroatoms. The van der Waals surface area contributed by atoms with E-state index in [1.54, 1.807) is 6.07 Å². The van der Waals surface area contributed by atoms with E-state index in [0.717, 1.165) is 26.1 Å². The second-order valence-corrected chi connectivity index (χ2v) is 6.52. The molecule has 0 saturated carbocycles. The Hall–Kier alpha value is -1.36. The molecule has 110 valence electrons. The lowest BCUT2D eigenvalue weighted by molar-refractivity contribution is 0.0699. The predicted molar refractivity (Wildman–Crippen MR) is 75.4 cm³/mol. The van der Waals surface area contributed by atoms with Crippen LogP contribution in [0.3, 0.4) is 0 Å². The van der Waals surface area contributed by atoms with Crippen LogP contribution in [0.1, 0.15) is 43.7 Å². The molecule has 2 aliphatic rings. The van der Waals surface area contributed by atoms with Crippen LogP contribution in [0.25, 0.3) is 0 Å². The summed E-state index contributed by atoms with van der Waals surface area (Å²) in [5.74, 6) is 1.01. The zero-order valence-corrected chi connectivity index (χ0v) is 12.3. The van der Waals surface area contributed by atoms with Gasteiger partial charge in [0, 0.05) is 31.2 Å². The molecule has 3 heterocycles. The van der Waals surface area contributed by atoms with Gasteiger partial charge in [-0.05, 0) is 31.7 Å². The number of nitrogens with zero attached hydrogens (tertiary/aromatic N) is 3. The maximum absolute atomic E-state index is 12.4. The van der Waals surface area contributed by atoms with Gasteiger partial charge in [-0.25, -0.2) is 0 Å². The summed E-state index contributed by atoms with van der Waals surface area (Å²) in [4.78, 5) is 16.9. The molecule has 0 aliphatic carbocycles. The predicted octanol–water partition coefficient (Wildman–Crippen LogP) is 2.01. The van der Waals surface area contributed by atoms with Crippen molar-refractivity contribution in [1.82, 2.24) is 15.0 Å². The largest absolute Gasteiger partial charge is 0.351 e. The van der Waals surface area contributed by atoms with Crippen molar-refractivity contribution in [3.05, 3.63) is 18.0 Å². The van der Waals surface area contributed by atoms with Crippen molar-refractivity contribution >= 4 is 5.91 Å². The molecule has 1 atom stereocenters. The Balaban J connectivity index is 1.70. The fourth-order valence-electron chi connectivity index (χ4n) is 3.69. The second-order valence-electron chi connectivity index (χ2n) is 6.52. The number of hydrogen-bond donors (Lipinski definition) is 0. The van der Waals surface area contributed by atoms with E-state index in [-0.39, 0.29) is 11.4 Å². The van der Waals surface area contributed by atoms with E-state index < -0.39 is 0 Å². The highest BCUT2D eigenvalue weighted by molar-refractivity contribution is 5.91. The van der Waals surface area contributed by atoms with Gasteiger partial charge in [0.2, 0.25) is 5.76 Å². The molecule has 0 N–H and O–H groups in total. The van der Waals surface area contributed by atoms with Crippen molar-refractivity contribution in [1.29, 1.82) is 0 Å². The smallest absolute Gasteiger partial charge is 0.292 e. The molecule has 5 nitrogen and oxygen atoms in total. The monoisotopic (exact) mass is 277 g/mol. The SMILES string of the molecule is CC(C)CN1CCCC12CCN(C(=O)c1ccno1)C2. The van der Waals surface area contributed by atoms with Crippen molar-refractivity contribution in [2.45, 2.75) is 38.6 Å². The molecule has 20 heavy (non-hydrogen) atoms. The van der Waals surface area contributed by atoms with Crippen molar-refractivity contribution in [2.75, 3.05) is 26.2 Å². The lowest BCUT2D eigenvalue weighted by atomic mass is 9.94. The molecule has 0 radical (unpaired) electrons. The molecular weight excluding hydrogens is 254 g/mol. The summed E-state index contributed by atoms with van der Waals surface area (Å²) in [6.07, 6.45) is 5.07. The summed E-state index contributed by atoms with van der Waals surface area (Å²) < 4.78 is 5.00. The van der Waals surface area contributed by atoms with Crippen LogP contribution in [0.15, 0.2) is 16.8 Å². The van der Waals surface area contributed by atoms with Gasteiger partial charge in [-0.3, -0.25) is 9.69 Å². The van der Waals surface area contributed by atoms with Gasteiger partial charge in [-0.1, -0.05) is 19.0 Å². The average Bonchev–Trinajstić information content (AvgIpc) is 3.13. The average molecular weight is 277 g/mol. The van der Waals surface area contributed by atoms with Gasteiger partial charge in [0.05, 0.1) is 6.20 Å².